The molecule has 3 nitrogen and oxygen atoms in total. The lowest BCUT2D eigenvalue weighted by molar-refractivity contribution is 0.150. The Hall–Kier alpha value is -0.120. The van der Waals surface area contributed by atoms with Crippen molar-refractivity contribution in [1.82, 2.24) is 10.2 Å². The van der Waals surface area contributed by atoms with Crippen LogP contribution in [0.5, 0.6) is 0 Å². The van der Waals surface area contributed by atoms with Crippen molar-refractivity contribution in [2.45, 2.75) is 45.1 Å². The smallest absolute Gasteiger partial charge is 0.0589 e. The normalized spacial score (nSPS) is 18.2. The van der Waals surface area contributed by atoms with Crippen molar-refractivity contribution in [1.29, 1.82) is 0 Å². The highest BCUT2D eigenvalue weighted by molar-refractivity contribution is 4.72. The minimum absolute atomic E-state index is 0.787. The Bertz CT molecular complexity index is 158. The van der Waals surface area contributed by atoms with E-state index in [2.05, 4.69) is 17.1 Å². The standard InChI is InChI=1S/C13H28N2O/c1-3-15(11-12-16-2)10-9-14-13-7-5-4-6-8-13/h13-14H,3-12H2,1-2H3. The lowest BCUT2D eigenvalue weighted by Crippen LogP contribution is -2.39. The fraction of sp³-hybridized carbons (Fsp3) is 1.00. The minimum Gasteiger partial charge on any atom is -0.383 e. The Balaban J connectivity index is 2.02. The van der Waals surface area contributed by atoms with Crippen LogP contribution >= 0.6 is 0 Å². The van der Waals surface area contributed by atoms with Gasteiger partial charge in [0, 0.05) is 32.8 Å². The van der Waals surface area contributed by atoms with Crippen LogP contribution in [0.1, 0.15) is 39.0 Å². The monoisotopic (exact) mass is 228 g/mol. The van der Waals surface area contributed by atoms with Crippen molar-refractivity contribution in [2.24, 2.45) is 0 Å². The van der Waals surface area contributed by atoms with Crippen molar-refractivity contribution in [3.63, 3.8) is 0 Å². The molecule has 1 saturated carbocycles. The molecule has 1 aliphatic carbocycles. The summed E-state index contributed by atoms with van der Waals surface area (Å²) in [5.74, 6) is 0. The van der Waals surface area contributed by atoms with Crippen LogP contribution < -0.4 is 5.32 Å². The third kappa shape index (κ3) is 5.83. The first-order chi connectivity index (χ1) is 7.86. The number of rotatable bonds is 8. The van der Waals surface area contributed by atoms with Gasteiger partial charge in [-0.3, -0.25) is 0 Å². The van der Waals surface area contributed by atoms with Crippen LogP contribution in [0, 0.1) is 0 Å². The van der Waals surface area contributed by atoms with Gasteiger partial charge in [0.25, 0.3) is 0 Å². The summed E-state index contributed by atoms with van der Waals surface area (Å²) in [5, 5.41) is 3.68. The van der Waals surface area contributed by atoms with Crippen LogP contribution in [0.15, 0.2) is 0 Å². The quantitative estimate of drug-likeness (QED) is 0.686. The van der Waals surface area contributed by atoms with Gasteiger partial charge in [-0.25, -0.2) is 0 Å². The minimum atomic E-state index is 0.787. The highest BCUT2D eigenvalue weighted by atomic mass is 16.5. The van der Waals surface area contributed by atoms with Crippen LogP contribution in [-0.2, 0) is 4.74 Å². The molecule has 0 aromatic carbocycles. The van der Waals surface area contributed by atoms with Gasteiger partial charge in [-0.05, 0) is 19.4 Å². The zero-order chi connectivity index (χ0) is 11.6. The summed E-state index contributed by atoms with van der Waals surface area (Å²) in [6, 6.07) is 0.787. The van der Waals surface area contributed by atoms with Crippen LogP contribution in [-0.4, -0.2) is 50.8 Å². The van der Waals surface area contributed by atoms with Crippen molar-refractivity contribution >= 4 is 0 Å². The number of nitrogens with one attached hydrogen (secondary N) is 1. The molecule has 3 heteroatoms. The molecule has 1 aliphatic rings. The highest BCUT2D eigenvalue weighted by Crippen LogP contribution is 2.16. The molecule has 0 heterocycles. The molecule has 0 atom stereocenters. The Kier molecular flexibility index (Phi) is 7.81. The number of hydrogen-bond acceptors (Lipinski definition) is 3. The predicted octanol–water partition coefficient (Wildman–Crippen LogP) is 1.88. The summed E-state index contributed by atoms with van der Waals surface area (Å²) in [7, 11) is 1.77. The van der Waals surface area contributed by atoms with Crippen LogP contribution in [0.2, 0.25) is 0 Å². The van der Waals surface area contributed by atoms with Gasteiger partial charge in [0.1, 0.15) is 0 Å². The first kappa shape index (κ1) is 13.9. The first-order valence-electron chi connectivity index (χ1n) is 6.81. The largest absolute Gasteiger partial charge is 0.383 e. The molecule has 0 aromatic rings. The Morgan fingerprint density at radius 1 is 1.19 bits per heavy atom. The number of nitrogens with zero attached hydrogens (tertiary/aromatic N) is 1. The molecule has 1 N–H and O–H groups in total. The van der Waals surface area contributed by atoms with Gasteiger partial charge in [0.2, 0.25) is 0 Å². The molecule has 0 aromatic heterocycles. The van der Waals surface area contributed by atoms with Gasteiger partial charge in [-0.2, -0.15) is 0 Å². The van der Waals surface area contributed by atoms with Crippen molar-refractivity contribution in [3.8, 4) is 0 Å². The van der Waals surface area contributed by atoms with E-state index in [9.17, 15) is 0 Å². The highest BCUT2D eigenvalue weighted by Gasteiger charge is 2.12. The SMILES string of the molecule is CCN(CCNC1CCCCC1)CCOC. The Labute approximate surface area is 101 Å². The molecule has 0 saturated heterocycles. The maximum atomic E-state index is 5.11. The maximum absolute atomic E-state index is 5.11. The summed E-state index contributed by atoms with van der Waals surface area (Å²) < 4.78 is 5.11. The molecule has 0 aliphatic heterocycles. The summed E-state index contributed by atoms with van der Waals surface area (Å²) in [5.41, 5.74) is 0. The Morgan fingerprint density at radius 3 is 2.56 bits per heavy atom. The molecular formula is C13H28N2O. The van der Waals surface area contributed by atoms with E-state index in [1.165, 1.54) is 32.1 Å². The fourth-order valence-electron chi connectivity index (χ4n) is 2.38. The van der Waals surface area contributed by atoms with Gasteiger partial charge >= 0.3 is 0 Å². The maximum Gasteiger partial charge on any atom is 0.0589 e. The average Bonchev–Trinajstić information content (AvgIpc) is 2.35. The molecule has 1 fully saturated rings. The van der Waals surface area contributed by atoms with E-state index in [1.54, 1.807) is 7.11 Å². The second-order valence-corrected chi connectivity index (χ2v) is 4.72. The molecule has 0 amide bonds. The second kappa shape index (κ2) is 8.97. The molecular weight excluding hydrogens is 200 g/mol. The van der Waals surface area contributed by atoms with E-state index in [0.717, 1.165) is 38.8 Å². The molecule has 1 rings (SSSR count). The summed E-state index contributed by atoms with van der Waals surface area (Å²) in [6.45, 7) is 7.52. The van der Waals surface area contributed by atoms with E-state index in [0.29, 0.717) is 0 Å². The molecule has 16 heavy (non-hydrogen) atoms. The fourth-order valence-corrected chi connectivity index (χ4v) is 2.38. The zero-order valence-electron chi connectivity index (χ0n) is 11.0. The number of likely N-dealkylation sites (N-methyl/N-ethyl adjacent to an activating group) is 1. The van der Waals surface area contributed by atoms with Crippen LogP contribution in [0.3, 0.4) is 0 Å². The third-order valence-electron chi connectivity index (χ3n) is 3.53. The molecule has 96 valence electrons. The lowest BCUT2D eigenvalue weighted by Gasteiger charge is -2.25. The molecule has 0 unspecified atom stereocenters. The van der Waals surface area contributed by atoms with Gasteiger partial charge in [-0.1, -0.05) is 26.2 Å². The number of methoxy groups -OCH3 is 1. The average molecular weight is 228 g/mol. The number of hydrogen-bond donors (Lipinski definition) is 1. The van der Waals surface area contributed by atoms with Gasteiger partial charge in [0.05, 0.1) is 6.61 Å². The zero-order valence-corrected chi connectivity index (χ0v) is 11.0. The second-order valence-electron chi connectivity index (χ2n) is 4.72. The van der Waals surface area contributed by atoms with Crippen LogP contribution in [0.25, 0.3) is 0 Å². The van der Waals surface area contributed by atoms with E-state index < -0.39 is 0 Å². The molecule has 0 spiro atoms. The third-order valence-corrected chi connectivity index (χ3v) is 3.53. The summed E-state index contributed by atoms with van der Waals surface area (Å²) in [4.78, 5) is 2.44. The van der Waals surface area contributed by atoms with Gasteiger partial charge in [-0.15, -0.1) is 0 Å². The summed E-state index contributed by atoms with van der Waals surface area (Å²) in [6.07, 6.45) is 7.03. The van der Waals surface area contributed by atoms with E-state index in [4.69, 9.17) is 4.74 Å². The van der Waals surface area contributed by atoms with Crippen LogP contribution in [0.4, 0.5) is 0 Å². The lowest BCUT2D eigenvalue weighted by atomic mass is 9.95. The predicted molar refractivity (Wildman–Crippen MR) is 68.9 cm³/mol. The number of ether oxygens (including phenoxy) is 1. The van der Waals surface area contributed by atoms with Crippen molar-refractivity contribution < 1.29 is 4.74 Å². The van der Waals surface area contributed by atoms with E-state index >= 15 is 0 Å². The topological polar surface area (TPSA) is 24.5 Å². The molecule has 0 bridgehead atoms. The Morgan fingerprint density at radius 2 is 1.94 bits per heavy atom. The summed E-state index contributed by atoms with van der Waals surface area (Å²) >= 11 is 0. The van der Waals surface area contributed by atoms with Crippen molar-refractivity contribution in [2.75, 3.05) is 39.9 Å². The first-order valence-corrected chi connectivity index (χ1v) is 6.81. The van der Waals surface area contributed by atoms with E-state index in [1.807, 2.05) is 0 Å². The van der Waals surface area contributed by atoms with Gasteiger partial charge in [0.15, 0.2) is 0 Å². The van der Waals surface area contributed by atoms with Gasteiger partial charge < -0.3 is 15.0 Å². The molecule has 0 radical (unpaired) electrons. The van der Waals surface area contributed by atoms with E-state index in [-0.39, 0.29) is 0 Å². The van der Waals surface area contributed by atoms with Crippen molar-refractivity contribution in [3.05, 3.63) is 0 Å².